The lowest BCUT2D eigenvalue weighted by Gasteiger charge is -2.05. The Kier molecular flexibility index (Phi) is 5.03. The van der Waals surface area contributed by atoms with Gasteiger partial charge in [-0.05, 0) is 36.9 Å². The Labute approximate surface area is 124 Å². The van der Waals surface area contributed by atoms with Gasteiger partial charge in [-0.1, -0.05) is 13.0 Å². The molecule has 0 unspecified atom stereocenters. The number of hydrogen-bond donors (Lipinski definition) is 1. The van der Waals surface area contributed by atoms with E-state index in [-0.39, 0.29) is 10.6 Å². The number of sulfone groups is 1. The van der Waals surface area contributed by atoms with Crippen LogP contribution in [0.5, 0.6) is 5.75 Å². The monoisotopic (exact) mass is 309 g/mol. The molecular weight excluding hydrogens is 290 g/mol. The molecular formula is C15H19NO4S. The quantitative estimate of drug-likeness (QED) is 0.850. The SMILES string of the molecule is CCNCc1ccc(CS(=O)(=O)c2cccc(OC)c2)o1. The molecule has 0 aliphatic carbocycles. The first-order chi connectivity index (χ1) is 10.0. The molecule has 0 bridgehead atoms. The van der Waals surface area contributed by atoms with E-state index in [1.165, 1.54) is 13.2 Å². The highest BCUT2D eigenvalue weighted by atomic mass is 32.2. The number of benzene rings is 1. The minimum absolute atomic E-state index is 0.160. The topological polar surface area (TPSA) is 68.5 Å². The van der Waals surface area contributed by atoms with Crippen LogP contribution in [0, 0.1) is 0 Å². The molecule has 114 valence electrons. The lowest BCUT2D eigenvalue weighted by Crippen LogP contribution is -2.10. The van der Waals surface area contributed by atoms with Gasteiger partial charge in [0.15, 0.2) is 9.84 Å². The summed E-state index contributed by atoms with van der Waals surface area (Å²) in [4.78, 5) is 0.228. The largest absolute Gasteiger partial charge is 0.497 e. The van der Waals surface area contributed by atoms with E-state index < -0.39 is 9.84 Å². The van der Waals surface area contributed by atoms with E-state index in [0.29, 0.717) is 18.1 Å². The van der Waals surface area contributed by atoms with Gasteiger partial charge in [0.05, 0.1) is 18.6 Å². The van der Waals surface area contributed by atoms with Gasteiger partial charge in [0, 0.05) is 0 Å². The standard InChI is InChI=1S/C15H19NO4S/c1-3-16-10-13-7-8-14(20-13)11-21(17,18)15-6-4-5-12(9-15)19-2/h4-9,16H,3,10-11H2,1-2H3. The van der Waals surface area contributed by atoms with Crippen molar-refractivity contribution in [2.45, 2.75) is 24.1 Å². The summed E-state index contributed by atoms with van der Waals surface area (Å²) in [5.74, 6) is 1.52. The third-order valence-corrected chi connectivity index (χ3v) is 4.64. The molecule has 21 heavy (non-hydrogen) atoms. The van der Waals surface area contributed by atoms with Crippen LogP contribution in [-0.2, 0) is 22.1 Å². The third kappa shape index (κ3) is 4.09. The van der Waals surface area contributed by atoms with Crippen molar-refractivity contribution >= 4 is 9.84 Å². The van der Waals surface area contributed by atoms with Crippen molar-refractivity contribution in [3.63, 3.8) is 0 Å². The number of rotatable bonds is 7. The van der Waals surface area contributed by atoms with E-state index in [1.54, 1.807) is 30.3 Å². The molecule has 0 fully saturated rings. The van der Waals surface area contributed by atoms with Crippen molar-refractivity contribution in [2.75, 3.05) is 13.7 Å². The number of furan rings is 1. The maximum Gasteiger partial charge on any atom is 0.185 e. The van der Waals surface area contributed by atoms with Gasteiger partial charge >= 0.3 is 0 Å². The van der Waals surface area contributed by atoms with Gasteiger partial charge in [-0.25, -0.2) is 8.42 Å². The van der Waals surface area contributed by atoms with E-state index in [2.05, 4.69) is 5.32 Å². The Morgan fingerprint density at radius 1 is 1.19 bits per heavy atom. The van der Waals surface area contributed by atoms with Crippen LogP contribution in [0.3, 0.4) is 0 Å². The Bertz CT molecular complexity index is 691. The van der Waals surface area contributed by atoms with Crippen molar-refractivity contribution < 1.29 is 17.6 Å². The average Bonchev–Trinajstić information content (AvgIpc) is 2.92. The van der Waals surface area contributed by atoms with Gasteiger partial charge in [-0.2, -0.15) is 0 Å². The zero-order valence-electron chi connectivity index (χ0n) is 12.1. The predicted octanol–water partition coefficient (Wildman–Crippen LogP) is 2.37. The molecule has 0 saturated carbocycles. The molecule has 1 heterocycles. The third-order valence-electron chi connectivity index (χ3n) is 3.00. The number of hydrogen-bond acceptors (Lipinski definition) is 5. The zero-order chi connectivity index (χ0) is 15.3. The van der Waals surface area contributed by atoms with E-state index in [9.17, 15) is 8.42 Å². The van der Waals surface area contributed by atoms with Gasteiger partial charge < -0.3 is 14.5 Å². The Balaban J connectivity index is 2.15. The van der Waals surface area contributed by atoms with Gasteiger partial charge in [-0.15, -0.1) is 0 Å². The zero-order valence-corrected chi connectivity index (χ0v) is 12.9. The van der Waals surface area contributed by atoms with Crippen LogP contribution < -0.4 is 10.1 Å². The molecule has 0 aliphatic heterocycles. The molecule has 1 aromatic heterocycles. The van der Waals surface area contributed by atoms with Crippen LogP contribution in [0.2, 0.25) is 0 Å². The molecule has 6 heteroatoms. The second kappa shape index (κ2) is 6.78. The molecule has 0 atom stereocenters. The molecule has 5 nitrogen and oxygen atoms in total. The van der Waals surface area contributed by atoms with Gasteiger partial charge in [-0.3, -0.25) is 0 Å². The first kappa shape index (κ1) is 15.6. The summed E-state index contributed by atoms with van der Waals surface area (Å²) in [5.41, 5.74) is 0. The molecule has 2 aromatic rings. The lowest BCUT2D eigenvalue weighted by atomic mass is 10.3. The van der Waals surface area contributed by atoms with Crippen LogP contribution in [0.1, 0.15) is 18.4 Å². The molecule has 0 aliphatic rings. The van der Waals surface area contributed by atoms with E-state index in [0.717, 1.165) is 12.3 Å². The summed E-state index contributed by atoms with van der Waals surface area (Å²) in [7, 11) is -1.94. The van der Waals surface area contributed by atoms with Crippen LogP contribution in [0.25, 0.3) is 0 Å². The maximum absolute atomic E-state index is 12.4. The number of ether oxygens (including phenoxy) is 1. The van der Waals surface area contributed by atoms with Crippen molar-refractivity contribution in [1.29, 1.82) is 0 Å². The molecule has 0 amide bonds. The fourth-order valence-electron chi connectivity index (χ4n) is 1.91. The van der Waals surface area contributed by atoms with Crippen molar-refractivity contribution in [1.82, 2.24) is 5.32 Å². The molecule has 0 saturated heterocycles. The second-order valence-electron chi connectivity index (χ2n) is 4.59. The van der Waals surface area contributed by atoms with Gasteiger partial charge in [0.1, 0.15) is 23.0 Å². The first-order valence-corrected chi connectivity index (χ1v) is 8.35. The maximum atomic E-state index is 12.4. The van der Waals surface area contributed by atoms with Crippen molar-refractivity contribution in [2.24, 2.45) is 0 Å². The fraction of sp³-hybridized carbons (Fsp3) is 0.333. The molecule has 1 aromatic carbocycles. The van der Waals surface area contributed by atoms with Gasteiger partial charge in [0.2, 0.25) is 0 Å². The summed E-state index contributed by atoms with van der Waals surface area (Å²) in [6.07, 6.45) is 0. The molecule has 2 rings (SSSR count). The van der Waals surface area contributed by atoms with Crippen molar-refractivity contribution in [3.05, 3.63) is 47.9 Å². The van der Waals surface area contributed by atoms with Crippen LogP contribution in [-0.4, -0.2) is 22.1 Å². The predicted molar refractivity (Wildman–Crippen MR) is 80.0 cm³/mol. The molecule has 1 N–H and O–H groups in total. The highest BCUT2D eigenvalue weighted by molar-refractivity contribution is 7.90. The lowest BCUT2D eigenvalue weighted by molar-refractivity contribution is 0.413. The molecule has 0 radical (unpaired) electrons. The summed E-state index contributed by atoms with van der Waals surface area (Å²) >= 11 is 0. The Morgan fingerprint density at radius 3 is 2.67 bits per heavy atom. The first-order valence-electron chi connectivity index (χ1n) is 6.70. The van der Waals surface area contributed by atoms with Crippen LogP contribution in [0.15, 0.2) is 45.7 Å². The molecule has 0 spiro atoms. The highest BCUT2D eigenvalue weighted by Gasteiger charge is 2.18. The van der Waals surface area contributed by atoms with Crippen LogP contribution in [0.4, 0.5) is 0 Å². The van der Waals surface area contributed by atoms with E-state index in [4.69, 9.17) is 9.15 Å². The van der Waals surface area contributed by atoms with Crippen molar-refractivity contribution in [3.8, 4) is 5.75 Å². The summed E-state index contributed by atoms with van der Waals surface area (Å²) in [5, 5.41) is 3.13. The number of methoxy groups -OCH3 is 1. The van der Waals surface area contributed by atoms with Crippen LogP contribution >= 0.6 is 0 Å². The summed E-state index contributed by atoms with van der Waals surface area (Å²) in [6, 6.07) is 9.92. The minimum Gasteiger partial charge on any atom is -0.497 e. The van der Waals surface area contributed by atoms with E-state index in [1.807, 2.05) is 6.92 Å². The number of nitrogens with one attached hydrogen (secondary N) is 1. The summed E-state index contributed by atoms with van der Waals surface area (Å²) in [6.45, 7) is 3.42. The fourth-order valence-corrected chi connectivity index (χ4v) is 3.19. The van der Waals surface area contributed by atoms with E-state index >= 15 is 0 Å². The average molecular weight is 309 g/mol. The minimum atomic E-state index is -3.45. The Hall–Kier alpha value is -1.79. The summed E-state index contributed by atoms with van der Waals surface area (Å²) < 4.78 is 35.3. The smallest absolute Gasteiger partial charge is 0.185 e. The second-order valence-corrected chi connectivity index (χ2v) is 6.58. The van der Waals surface area contributed by atoms with Gasteiger partial charge in [0.25, 0.3) is 0 Å². The highest BCUT2D eigenvalue weighted by Crippen LogP contribution is 2.22. The Morgan fingerprint density at radius 2 is 1.95 bits per heavy atom. The normalized spacial score (nSPS) is 11.5.